The second-order valence-corrected chi connectivity index (χ2v) is 6.60. The van der Waals surface area contributed by atoms with Crippen LogP contribution in [0.2, 0.25) is 0 Å². The zero-order valence-electron chi connectivity index (χ0n) is 16.8. The number of nitrogens with two attached hydrogens (primary N) is 3. The lowest BCUT2D eigenvalue weighted by Gasteiger charge is -2.22. The highest BCUT2D eigenvalue weighted by molar-refractivity contribution is 6.58. The molecule has 0 spiro atoms. The number of rotatable bonds is 12. The summed E-state index contributed by atoms with van der Waals surface area (Å²) in [5, 5.41) is 22.4. The third kappa shape index (κ3) is 8.55. The van der Waals surface area contributed by atoms with Gasteiger partial charge in [0.15, 0.2) is 0 Å². The lowest BCUT2D eigenvalue weighted by atomic mass is 9.79. The van der Waals surface area contributed by atoms with Gasteiger partial charge in [0.2, 0.25) is 17.7 Å². The largest absolute Gasteiger partial charge is 0.491 e. The van der Waals surface area contributed by atoms with Crippen LogP contribution in [0.3, 0.4) is 0 Å². The Bertz CT molecular complexity index is 780. The van der Waals surface area contributed by atoms with Crippen molar-refractivity contribution in [3.63, 3.8) is 0 Å². The first-order valence-electron chi connectivity index (χ1n) is 9.46. The third-order valence-electron chi connectivity index (χ3n) is 4.22. The summed E-state index contributed by atoms with van der Waals surface area (Å²) in [7, 11) is -2.21. The van der Waals surface area contributed by atoms with Crippen molar-refractivity contribution < 1.29 is 33.2 Å². The van der Waals surface area contributed by atoms with Crippen LogP contribution in [-0.2, 0) is 14.4 Å². The van der Waals surface area contributed by atoms with Gasteiger partial charge in [0, 0.05) is 44.1 Å². The third-order valence-corrected chi connectivity index (χ3v) is 4.22. The zero-order chi connectivity index (χ0) is 23.6. The van der Waals surface area contributed by atoms with Gasteiger partial charge in [-0.05, 0) is 12.5 Å². The average Bonchev–Trinajstić information content (AvgIpc) is 2.71. The molecule has 0 heterocycles. The summed E-state index contributed by atoms with van der Waals surface area (Å²) in [6.45, 7) is 0.599. The molecule has 0 saturated carbocycles. The summed E-state index contributed by atoms with van der Waals surface area (Å²) in [5.74, 6) is -4.17. The number of anilines is 1. The summed E-state index contributed by atoms with van der Waals surface area (Å²) in [6.07, 6.45) is -0.00386. The lowest BCUT2D eigenvalue weighted by molar-refractivity contribution is -0.131. The van der Waals surface area contributed by atoms with Gasteiger partial charge < -0.3 is 42.8 Å². The van der Waals surface area contributed by atoms with E-state index in [9.17, 15) is 23.2 Å². The number of carbonyl (C=O) groups excluding carboxylic acids is 3. The van der Waals surface area contributed by atoms with Crippen LogP contribution in [0.15, 0.2) is 12.1 Å². The first-order valence-corrected chi connectivity index (χ1v) is 9.46. The number of benzene rings is 1. The Morgan fingerprint density at radius 2 is 1.71 bits per heavy atom. The molecule has 0 fully saturated rings. The molecule has 0 aliphatic rings. The number of hydrogen-bond acceptors (Lipinski definition) is 8. The molecule has 10 N–H and O–H groups in total. The maximum absolute atomic E-state index is 13.8. The average molecular weight is 444 g/mol. The van der Waals surface area contributed by atoms with Crippen LogP contribution >= 0.6 is 0 Å². The molecule has 0 aromatic heterocycles. The normalized spacial score (nSPS) is 11.6. The molecule has 172 valence electrons. The minimum Gasteiger partial charge on any atom is -0.423 e. The summed E-state index contributed by atoms with van der Waals surface area (Å²) in [5.41, 5.74) is 15.5. The van der Waals surface area contributed by atoms with Gasteiger partial charge >= 0.3 is 7.12 Å². The minimum atomic E-state index is -2.21. The Labute approximate surface area is 178 Å². The van der Waals surface area contributed by atoms with Crippen molar-refractivity contribution in [2.24, 2.45) is 17.2 Å². The Morgan fingerprint density at radius 3 is 2.26 bits per heavy atom. The predicted molar refractivity (Wildman–Crippen MR) is 110 cm³/mol. The van der Waals surface area contributed by atoms with E-state index in [1.54, 1.807) is 0 Å². The predicted octanol–water partition coefficient (Wildman–Crippen LogP) is -3.45. The monoisotopic (exact) mass is 444 g/mol. The fourth-order valence-corrected chi connectivity index (χ4v) is 2.59. The standard InChI is InChI=1S/C17H27BF2N6O5/c19-11-8-12(20)14(7-10(11)18(30)31)25-15(27)9-24-17(29)13(23)1-2-16(28)26(5-3-21)6-4-22/h7-8,13,30-31H,1-6,9,21-23H2,(H,24,29)(H,25,27). The van der Waals surface area contributed by atoms with E-state index in [-0.39, 0.29) is 31.8 Å². The Morgan fingerprint density at radius 1 is 1.10 bits per heavy atom. The smallest absolute Gasteiger partial charge is 0.423 e. The fraction of sp³-hybridized carbons (Fsp3) is 0.471. The van der Waals surface area contributed by atoms with Gasteiger partial charge in [0.1, 0.15) is 11.6 Å². The van der Waals surface area contributed by atoms with Crippen LogP contribution in [0.1, 0.15) is 12.8 Å². The topological polar surface area (TPSA) is 197 Å². The fourth-order valence-electron chi connectivity index (χ4n) is 2.59. The molecular weight excluding hydrogens is 417 g/mol. The Kier molecular flexibility index (Phi) is 11.0. The summed E-state index contributed by atoms with van der Waals surface area (Å²) in [4.78, 5) is 37.5. The van der Waals surface area contributed by atoms with Gasteiger partial charge in [0.25, 0.3) is 0 Å². The van der Waals surface area contributed by atoms with Gasteiger partial charge in [0.05, 0.1) is 18.3 Å². The maximum atomic E-state index is 13.8. The van der Waals surface area contributed by atoms with E-state index in [2.05, 4.69) is 10.6 Å². The highest BCUT2D eigenvalue weighted by atomic mass is 19.1. The van der Waals surface area contributed by atoms with Crippen LogP contribution in [-0.4, -0.2) is 78.6 Å². The number of carbonyl (C=O) groups is 3. The van der Waals surface area contributed by atoms with Crippen LogP contribution < -0.4 is 33.3 Å². The molecule has 0 bridgehead atoms. The maximum Gasteiger partial charge on any atom is 0.491 e. The van der Waals surface area contributed by atoms with Crippen molar-refractivity contribution in [1.29, 1.82) is 0 Å². The molecule has 14 heteroatoms. The molecule has 1 rings (SSSR count). The van der Waals surface area contributed by atoms with E-state index < -0.39 is 54.3 Å². The first-order chi connectivity index (χ1) is 14.6. The van der Waals surface area contributed by atoms with Crippen molar-refractivity contribution >= 4 is 36.0 Å². The van der Waals surface area contributed by atoms with Crippen molar-refractivity contribution in [3.8, 4) is 0 Å². The molecule has 0 radical (unpaired) electrons. The molecule has 0 aliphatic heterocycles. The highest BCUT2D eigenvalue weighted by Gasteiger charge is 2.21. The van der Waals surface area contributed by atoms with Crippen LogP contribution in [0, 0.1) is 11.6 Å². The van der Waals surface area contributed by atoms with E-state index in [0.717, 1.165) is 6.07 Å². The molecule has 31 heavy (non-hydrogen) atoms. The molecule has 3 amide bonds. The molecular formula is C17H27BF2N6O5. The van der Waals surface area contributed by atoms with Crippen molar-refractivity contribution in [2.45, 2.75) is 18.9 Å². The van der Waals surface area contributed by atoms with E-state index in [0.29, 0.717) is 19.2 Å². The molecule has 1 aromatic rings. The summed E-state index contributed by atoms with van der Waals surface area (Å²) in [6, 6.07) is 0.0306. The van der Waals surface area contributed by atoms with Gasteiger partial charge in [-0.1, -0.05) is 0 Å². The second kappa shape index (κ2) is 12.9. The van der Waals surface area contributed by atoms with Crippen molar-refractivity contribution in [3.05, 3.63) is 23.8 Å². The SMILES string of the molecule is NCCN(CCN)C(=O)CCC(N)C(=O)NCC(=O)Nc1cc(B(O)O)c(F)cc1F. The second-order valence-electron chi connectivity index (χ2n) is 6.60. The van der Waals surface area contributed by atoms with Gasteiger partial charge in [-0.25, -0.2) is 8.78 Å². The number of hydrogen-bond donors (Lipinski definition) is 7. The van der Waals surface area contributed by atoms with E-state index >= 15 is 0 Å². The van der Waals surface area contributed by atoms with Crippen molar-refractivity contribution in [1.82, 2.24) is 10.2 Å². The summed E-state index contributed by atoms with van der Waals surface area (Å²) >= 11 is 0. The Balaban J connectivity index is 2.54. The molecule has 1 aromatic carbocycles. The first kappa shape index (κ1) is 26.4. The van der Waals surface area contributed by atoms with Gasteiger partial charge in [-0.3, -0.25) is 14.4 Å². The van der Waals surface area contributed by atoms with E-state index in [1.165, 1.54) is 4.90 Å². The van der Waals surface area contributed by atoms with Crippen LogP contribution in [0.25, 0.3) is 0 Å². The Hall–Kier alpha value is -2.65. The molecule has 11 nitrogen and oxygen atoms in total. The molecule has 0 saturated heterocycles. The minimum absolute atomic E-state index is 0.0161. The molecule has 1 atom stereocenters. The van der Waals surface area contributed by atoms with E-state index in [1.807, 2.05) is 0 Å². The lowest BCUT2D eigenvalue weighted by Crippen LogP contribution is -2.45. The number of halogens is 2. The van der Waals surface area contributed by atoms with Crippen molar-refractivity contribution in [2.75, 3.05) is 38.0 Å². The van der Waals surface area contributed by atoms with Crippen LogP contribution in [0.5, 0.6) is 0 Å². The quantitative estimate of drug-likeness (QED) is 0.162. The molecule has 0 aliphatic carbocycles. The number of nitrogens with one attached hydrogen (secondary N) is 2. The van der Waals surface area contributed by atoms with E-state index in [4.69, 9.17) is 27.2 Å². The highest BCUT2D eigenvalue weighted by Crippen LogP contribution is 2.14. The van der Waals surface area contributed by atoms with Gasteiger partial charge in [-0.2, -0.15) is 0 Å². The van der Waals surface area contributed by atoms with Crippen LogP contribution in [0.4, 0.5) is 14.5 Å². The zero-order valence-corrected chi connectivity index (χ0v) is 16.8. The number of amides is 3. The molecule has 1 unspecified atom stereocenters. The summed E-state index contributed by atoms with van der Waals surface area (Å²) < 4.78 is 27.2. The number of nitrogens with zero attached hydrogens (tertiary/aromatic N) is 1. The van der Waals surface area contributed by atoms with Gasteiger partial charge in [-0.15, -0.1) is 0 Å².